The molecule has 1 N–H and O–H groups in total. The van der Waals surface area contributed by atoms with Gasteiger partial charge in [-0.15, -0.1) is 0 Å². The van der Waals surface area contributed by atoms with Gasteiger partial charge >= 0.3 is 5.69 Å². The molecule has 2 aromatic rings. The summed E-state index contributed by atoms with van der Waals surface area (Å²) in [5.74, 6) is -0.794. The first-order valence-corrected chi connectivity index (χ1v) is 6.29. The Morgan fingerprint density at radius 2 is 1.90 bits per heavy atom. The number of aromatic nitrogens is 2. The molecule has 0 aliphatic carbocycles. The van der Waals surface area contributed by atoms with E-state index in [4.69, 9.17) is 0 Å². The second-order valence-electron chi connectivity index (χ2n) is 4.81. The monoisotopic (exact) mass is 295 g/mol. The second kappa shape index (κ2) is 5.51. The number of halogens is 2. The van der Waals surface area contributed by atoms with Crippen molar-refractivity contribution in [3.8, 4) is 0 Å². The first-order chi connectivity index (χ1) is 9.81. The van der Waals surface area contributed by atoms with Gasteiger partial charge in [0, 0.05) is 25.7 Å². The van der Waals surface area contributed by atoms with Crippen LogP contribution in [0.2, 0.25) is 0 Å². The van der Waals surface area contributed by atoms with E-state index in [9.17, 15) is 18.4 Å². The zero-order chi connectivity index (χ0) is 15.7. The van der Waals surface area contributed by atoms with Crippen LogP contribution < -0.4 is 16.1 Å². The lowest BCUT2D eigenvalue weighted by Crippen LogP contribution is -2.34. The molecule has 0 amide bonds. The summed E-state index contributed by atoms with van der Waals surface area (Å²) in [6, 6.07) is 3.85. The molecule has 7 heteroatoms. The van der Waals surface area contributed by atoms with Crippen LogP contribution in [0, 0.1) is 11.6 Å². The van der Waals surface area contributed by atoms with Crippen LogP contribution in [0.15, 0.2) is 33.9 Å². The molecule has 1 aromatic heterocycles. The summed E-state index contributed by atoms with van der Waals surface area (Å²) < 4.78 is 28.3. The molecular formula is C14H15F2N3O2. The van der Waals surface area contributed by atoms with Crippen molar-refractivity contribution in [1.29, 1.82) is 0 Å². The highest BCUT2D eigenvalue weighted by Crippen LogP contribution is 2.26. The molecule has 1 aromatic carbocycles. The number of nitrogens with zero attached hydrogens (tertiary/aromatic N) is 2. The van der Waals surface area contributed by atoms with Gasteiger partial charge in [0.05, 0.1) is 6.04 Å². The topological polar surface area (TPSA) is 58.1 Å². The number of hydrogen-bond donors (Lipinski definition) is 1. The van der Waals surface area contributed by atoms with Crippen molar-refractivity contribution in [2.24, 2.45) is 7.05 Å². The molecule has 1 atom stereocenters. The van der Waals surface area contributed by atoms with Crippen LogP contribution in [-0.4, -0.2) is 16.6 Å². The summed E-state index contributed by atoms with van der Waals surface area (Å²) in [5, 5.41) is 0. The predicted molar refractivity (Wildman–Crippen MR) is 75.5 cm³/mol. The Hall–Kier alpha value is -2.44. The Bertz CT molecular complexity index is 783. The van der Waals surface area contributed by atoms with Crippen molar-refractivity contribution in [2.75, 3.05) is 11.9 Å². The Morgan fingerprint density at radius 1 is 1.24 bits per heavy atom. The first-order valence-electron chi connectivity index (χ1n) is 6.29. The van der Waals surface area contributed by atoms with E-state index in [0.717, 1.165) is 18.2 Å². The summed E-state index contributed by atoms with van der Waals surface area (Å²) in [6.45, 7) is 1.66. The minimum atomic E-state index is -0.573. The number of aromatic amines is 1. The molecule has 0 aliphatic heterocycles. The van der Waals surface area contributed by atoms with Crippen LogP contribution in [0.1, 0.15) is 18.5 Å². The normalized spacial score (nSPS) is 12.2. The average molecular weight is 295 g/mol. The third-order valence-electron chi connectivity index (χ3n) is 3.49. The molecule has 0 saturated heterocycles. The fourth-order valence-corrected chi connectivity index (χ4v) is 2.12. The van der Waals surface area contributed by atoms with Gasteiger partial charge in [0.25, 0.3) is 5.56 Å². The van der Waals surface area contributed by atoms with Gasteiger partial charge in [0.1, 0.15) is 17.5 Å². The molecule has 21 heavy (non-hydrogen) atoms. The third-order valence-corrected chi connectivity index (χ3v) is 3.49. The van der Waals surface area contributed by atoms with Crippen molar-refractivity contribution < 1.29 is 8.78 Å². The first kappa shape index (κ1) is 15.0. The molecule has 0 saturated carbocycles. The maximum atomic E-state index is 13.8. The Morgan fingerprint density at radius 3 is 2.57 bits per heavy atom. The smallest absolute Gasteiger partial charge is 0.329 e. The zero-order valence-electron chi connectivity index (χ0n) is 11.9. The highest BCUT2D eigenvalue weighted by atomic mass is 19.1. The molecular weight excluding hydrogens is 280 g/mol. The summed E-state index contributed by atoms with van der Waals surface area (Å²) in [4.78, 5) is 26.7. The lowest BCUT2D eigenvalue weighted by molar-refractivity contribution is 0.561. The zero-order valence-corrected chi connectivity index (χ0v) is 11.9. The van der Waals surface area contributed by atoms with E-state index in [2.05, 4.69) is 4.98 Å². The average Bonchev–Trinajstić information content (AvgIpc) is 2.44. The highest BCUT2D eigenvalue weighted by Gasteiger charge is 2.19. The lowest BCUT2D eigenvalue weighted by atomic mass is 10.1. The van der Waals surface area contributed by atoms with Crippen LogP contribution >= 0.6 is 0 Å². The number of benzene rings is 1. The summed E-state index contributed by atoms with van der Waals surface area (Å²) >= 11 is 0. The van der Waals surface area contributed by atoms with Crippen LogP contribution in [0.3, 0.4) is 0 Å². The lowest BCUT2D eigenvalue weighted by Gasteiger charge is -2.28. The molecule has 2 rings (SSSR count). The third kappa shape index (κ3) is 2.86. The standard InChI is InChI=1S/C14H15F2N3O2/c1-8(10-6-9(15)4-5-11(10)16)18(2)13-7-12(20)17-14(21)19(13)3/h4-8H,1-3H3,(H,17,20,21). The molecule has 0 fully saturated rings. The molecule has 0 bridgehead atoms. The summed E-state index contributed by atoms with van der Waals surface area (Å²) in [5.41, 5.74) is -0.978. The van der Waals surface area contributed by atoms with Crippen molar-refractivity contribution >= 4 is 5.82 Å². The molecule has 1 heterocycles. The maximum Gasteiger partial charge on any atom is 0.329 e. The van der Waals surface area contributed by atoms with Crippen LogP contribution in [-0.2, 0) is 7.05 Å². The van der Waals surface area contributed by atoms with E-state index in [0.29, 0.717) is 5.82 Å². The highest BCUT2D eigenvalue weighted by molar-refractivity contribution is 5.41. The number of rotatable bonds is 3. The van der Waals surface area contributed by atoms with E-state index in [-0.39, 0.29) is 5.56 Å². The molecule has 0 aliphatic rings. The van der Waals surface area contributed by atoms with Crippen LogP contribution in [0.4, 0.5) is 14.6 Å². The quantitative estimate of drug-likeness (QED) is 0.934. The van der Waals surface area contributed by atoms with Crippen molar-refractivity contribution in [3.05, 3.63) is 62.3 Å². The van der Waals surface area contributed by atoms with Crippen LogP contribution in [0.25, 0.3) is 0 Å². The molecule has 0 radical (unpaired) electrons. The van der Waals surface area contributed by atoms with Gasteiger partial charge in [-0.25, -0.2) is 13.6 Å². The molecule has 1 unspecified atom stereocenters. The van der Waals surface area contributed by atoms with Gasteiger partial charge in [-0.3, -0.25) is 14.3 Å². The van der Waals surface area contributed by atoms with Gasteiger partial charge in [-0.1, -0.05) is 0 Å². The minimum Gasteiger partial charge on any atom is -0.354 e. The molecule has 112 valence electrons. The van der Waals surface area contributed by atoms with Crippen molar-refractivity contribution in [3.63, 3.8) is 0 Å². The number of hydrogen-bond acceptors (Lipinski definition) is 3. The second-order valence-corrected chi connectivity index (χ2v) is 4.81. The van der Waals surface area contributed by atoms with E-state index in [1.165, 1.54) is 22.6 Å². The number of nitrogens with one attached hydrogen (secondary N) is 1. The molecule has 5 nitrogen and oxygen atoms in total. The Kier molecular flexibility index (Phi) is 3.93. The van der Waals surface area contributed by atoms with Crippen molar-refractivity contribution in [2.45, 2.75) is 13.0 Å². The van der Waals surface area contributed by atoms with Crippen LogP contribution in [0.5, 0.6) is 0 Å². The fourth-order valence-electron chi connectivity index (χ4n) is 2.12. The van der Waals surface area contributed by atoms with Gasteiger partial charge in [-0.05, 0) is 25.1 Å². The Balaban J connectivity index is 2.49. The minimum absolute atomic E-state index is 0.144. The summed E-state index contributed by atoms with van der Waals surface area (Å²) in [6.07, 6.45) is 0. The SMILES string of the molecule is CC(c1cc(F)ccc1F)N(C)c1cc(=O)[nH]c(=O)n1C. The van der Waals surface area contributed by atoms with E-state index in [1.807, 2.05) is 0 Å². The van der Waals surface area contributed by atoms with E-state index < -0.39 is 28.9 Å². The van der Waals surface area contributed by atoms with E-state index >= 15 is 0 Å². The van der Waals surface area contributed by atoms with Gasteiger partial charge in [0.15, 0.2) is 0 Å². The van der Waals surface area contributed by atoms with Crippen molar-refractivity contribution in [1.82, 2.24) is 9.55 Å². The predicted octanol–water partition coefficient (Wildman–Crippen LogP) is 1.55. The maximum absolute atomic E-state index is 13.8. The largest absolute Gasteiger partial charge is 0.354 e. The van der Waals surface area contributed by atoms with Gasteiger partial charge in [-0.2, -0.15) is 0 Å². The fraction of sp³-hybridized carbons (Fsp3) is 0.286. The van der Waals surface area contributed by atoms with Gasteiger partial charge in [0.2, 0.25) is 0 Å². The van der Waals surface area contributed by atoms with Gasteiger partial charge < -0.3 is 4.90 Å². The Labute approximate surface area is 119 Å². The summed E-state index contributed by atoms with van der Waals surface area (Å²) in [7, 11) is 3.09. The van der Waals surface area contributed by atoms with E-state index in [1.54, 1.807) is 14.0 Å². The number of anilines is 1. The number of H-pyrrole nitrogens is 1. The molecule has 0 spiro atoms.